The van der Waals surface area contributed by atoms with E-state index in [1.165, 1.54) is 16.5 Å². The first-order valence-electron chi connectivity index (χ1n) is 13.7. The number of H-pyrrole nitrogens is 1. The lowest BCUT2D eigenvalue weighted by molar-refractivity contribution is -0.133. The maximum absolute atomic E-state index is 12.7. The first-order valence-corrected chi connectivity index (χ1v) is 13.7. The number of hydrogen-bond donors (Lipinski definition) is 2. The molecule has 7 nitrogen and oxygen atoms in total. The van der Waals surface area contributed by atoms with Crippen LogP contribution in [0.15, 0.2) is 36.4 Å². The number of carbonyl (C=O) groups is 2. The van der Waals surface area contributed by atoms with Gasteiger partial charge in [0.05, 0.1) is 26.5 Å². The second kappa shape index (κ2) is 12.8. The summed E-state index contributed by atoms with van der Waals surface area (Å²) in [7, 11) is 3.30. The van der Waals surface area contributed by atoms with Gasteiger partial charge in [-0.2, -0.15) is 0 Å². The van der Waals surface area contributed by atoms with Crippen molar-refractivity contribution in [2.24, 2.45) is 0 Å². The van der Waals surface area contributed by atoms with Crippen LogP contribution in [0.1, 0.15) is 68.9 Å². The molecule has 3 aromatic rings. The highest BCUT2D eigenvalue weighted by molar-refractivity contribution is 5.92. The summed E-state index contributed by atoms with van der Waals surface area (Å²) in [5, 5.41) is 3.97. The van der Waals surface area contributed by atoms with Gasteiger partial charge in [0.2, 0.25) is 11.8 Å². The second-order valence-corrected chi connectivity index (χ2v) is 10.4. The number of rotatable bonds is 10. The zero-order valence-electron chi connectivity index (χ0n) is 23.4. The molecule has 1 aromatic heterocycles. The number of unbranched alkanes of at least 4 members (excludes halogenated alkanes) is 1. The van der Waals surface area contributed by atoms with Crippen LogP contribution in [0.25, 0.3) is 22.2 Å². The number of methoxy groups -OCH3 is 2. The predicted molar refractivity (Wildman–Crippen MR) is 155 cm³/mol. The second-order valence-electron chi connectivity index (χ2n) is 10.4. The van der Waals surface area contributed by atoms with E-state index in [-0.39, 0.29) is 18.4 Å². The molecule has 0 radical (unpaired) electrons. The van der Waals surface area contributed by atoms with Gasteiger partial charge in [0, 0.05) is 42.4 Å². The minimum atomic E-state index is -0.123. The molecular formula is C32H39N3O4. The first-order chi connectivity index (χ1) is 18.9. The molecule has 1 aliphatic rings. The number of aromatic amines is 1. The fourth-order valence-corrected chi connectivity index (χ4v) is 5.49. The van der Waals surface area contributed by atoms with Gasteiger partial charge in [-0.05, 0) is 72.6 Å². The van der Waals surface area contributed by atoms with Gasteiger partial charge < -0.3 is 24.7 Å². The van der Waals surface area contributed by atoms with E-state index in [1.54, 1.807) is 14.2 Å². The average Bonchev–Trinajstić information content (AvgIpc) is 3.35. The van der Waals surface area contributed by atoms with Crippen molar-refractivity contribution in [1.29, 1.82) is 0 Å². The van der Waals surface area contributed by atoms with Crippen molar-refractivity contribution >= 4 is 22.7 Å². The number of nitrogens with one attached hydrogen (secondary N) is 2. The summed E-state index contributed by atoms with van der Waals surface area (Å²) in [6, 6.07) is 12.7. The Hall–Kier alpha value is -3.92. The van der Waals surface area contributed by atoms with E-state index in [4.69, 9.17) is 15.9 Å². The largest absolute Gasteiger partial charge is 0.493 e. The van der Waals surface area contributed by atoms with Gasteiger partial charge in [0.15, 0.2) is 11.5 Å². The molecule has 0 spiro atoms. The number of aromatic nitrogens is 1. The van der Waals surface area contributed by atoms with E-state index in [0.29, 0.717) is 55.7 Å². The van der Waals surface area contributed by atoms with E-state index in [2.05, 4.69) is 54.3 Å². The van der Waals surface area contributed by atoms with Crippen molar-refractivity contribution in [1.82, 2.24) is 15.2 Å². The molecule has 2 N–H and O–H groups in total. The molecule has 0 unspecified atom stereocenters. The van der Waals surface area contributed by atoms with Gasteiger partial charge >= 0.3 is 0 Å². The lowest BCUT2D eigenvalue weighted by Crippen LogP contribution is -2.43. The Morgan fingerprint density at radius 1 is 1.10 bits per heavy atom. The zero-order chi connectivity index (χ0) is 27.9. The quantitative estimate of drug-likeness (QED) is 0.265. The van der Waals surface area contributed by atoms with E-state index in [9.17, 15) is 9.59 Å². The van der Waals surface area contributed by atoms with E-state index in [0.717, 1.165) is 29.6 Å². The van der Waals surface area contributed by atoms with E-state index >= 15 is 0 Å². The molecular weight excluding hydrogens is 490 g/mol. The maximum atomic E-state index is 12.7. The number of benzene rings is 2. The Balaban J connectivity index is 1.47. The SMILES string of the molecule is C#CCCCC(=O)NCC(=O)N1CCC(c2ccc3[nH]c(-c4ccc(OC)c(OC)c4)c(C(C)C)c3c2)CC1. The molecule has 2 aromatic carbocycles. The van der Waals surface area contributed by atoms with Crippen molar-refractivity contribution in [2.45, 2.75) is 57.8 Å². The number of terminal acetylenes is 1. The molecule has 2 amide bonds. The molecule has 39 heavy (non-hydrogen) atoms. The van der Waals surface area contributed by atoms with Gasteiger partial charge in [0.1, 0.15) is 0 Å². The van der Waals surface area contributed by atoms with Crippen LogP contribution in [-0.2, 0) is 9.59 Å². The van der Waals surface area contributed by atoms with Crippen LogP contribution in [0.5, 0.6) is 11.5 Å². The fraction of sp³-hybridized carbons (Fsp3) is 0.438. The molecule has 1 fully saturated rings. The Morgan fingerprint density at radius 3 is 2.51 bits per heavy atom. The lowest BCUT2D eigenvalue weighted by Gasteiger charge is -2.32. The third-order valence-corrected chi connectivity index (χ3v) is 7.59. The highest BCUT2D eigenvalue weighted by Crippen LogP contribution is 2.40. The average molecular weight is 530 g/mol. The molecule has 7 heteroatoms. The van der Waals surface area contributed by atoms with Crippen LogP contribution in [0.2, 0.25) is 0 Å². The lowest BCUT2D eigenvalue weighted by atomic mass is 9.87. The van der Waals surface area contributed by atoms with Crippen LogP contribution in [0.4, 0.5) is 0 Å². The monoisotopic (exact) mass is 529 g/mol. The Bertz CT molecular complexity index is 1360. The summed E-state index contributed by atoms with van der Waals surface area (Å²) >= 11 is 0. The van der Waals surface area contributed by atoms with Crippen LogP contribution in [0, 0.1) is 12.3 Å². The van der Waals surface area contributed by atoms with E-state index < -0.39 is 0 Å². The number of piperidine rings is 1. The molecule has 0 bridgehead atoms. The molecule has 1 saturated heterocycles. The third kappa shape index (κ3) is 6.39. The number of hydrogen-bond acceptors (Lipinski definition) is 4. The van der Waals surface area contributed by atoms with Crippen LogP contribution in [0.3, 0.4) is 0 Å². The fourth-order valence-electron chi connectivity index (χ4n) is 5.49. The first kappa shape index (κ1) is 28.1. The van der Waals surface area contributed by atoms with Gasteiger partial charge in [0.25, 0.3) is 0 Å². The highest BCUT2D eigenvalue weighted by Gasteiger charge is 2.25. The topological polar surface area (TPSA) is 83.7 Å². The maximum Gasteiger partial charge on any atom is 0.241 e. The van der Waals surface area contributed by atoms with Gasteiger partial charge in [-0.3, -0.25) is 9.59 Å². The van der Waals surface area contributed by atoms with Crippen molar-refractivity contribution in [3.63, 3.8) is 0 Å². The molecule has 1 aliphatic heterocycles. The molecule has 0 aliphatic carbocycles. The molecule has 0 saturated carbocycles. The summed E-state index contributed by atoms with van der Waals surface area (Å²) in [6.07, 6.45) is 8.59. The van der Waals surface area contributed by atoms with Crippen molar-refractivity contribution < 1.29 is 19.1 Å². The highest BCUT2D eigenvalue weighted by atomic mass is 16.5. The minimum Gasteiger partial charge on any atom is -0.493 e. The minimum absolute atomic E-state index is 0.0264. The molecule has 2 heterocycles. The molecule has 206 valence electrons. The molecule has 4 rings (SSSR count). The van der Waals surface area contributed by atoms with E-state index in [1.807, 2.05) is 17.0 Å². The van der Waals surface area contributed by atoms with Gasteiger partial charge in [-0.15, -0.1) is 12.3 Å². The number of likely N-dealkylation sites (tertiary alicyclic amines) is 1. The van der Waals surface area contributed by atoms with Gasteiger partial charge in [-0.1, -0.05) is 19.9 Å². The number of amides is 2. The smallest absolute Gasteiger partial charge is 0.241 e. The zero-order valence-corrected chi connectivity index (χ0v) is 23.4. The van der Waals surface area contributed by atoms with Crippen molar-refractivity contribution in [3.05, 3.63) is 47.5 Å². The Morgan fingerprint density at radius 2 is 1.85 bits per heavy atom. The van der Waals surface area contributed by atoms with Crippen LogP contribution < -0.4 is 14.8 Å². The summed E-state index contributed by atoms with van der Waals surface area (Å²) < 4.78 is 11.0. The number of nitrogens with zero attached hydrogens (tertiary/aromatic N) is 1. The summed E-state index contributed by atoms with van der Waals surface area (Å²) in [5.41, 5.74) is 5.85. The Labute approximate surface area is 231 Å². The van der Waals surface area contributed by atoms with Crippen LogP contribution in [-0.4, -0.2) is 55.6 Å². The van der Waals surface area contributed by atoms with Gasteiger partial charge in [-0.25, -0.2) is 0 Å². The third-order valence-electron chi connectivity index (χ3n) is 7.59. The standard InChI is InChI=1S/C32H39N3O4/c1-6-7-8-9-29(36)33-20-30(37)35-16-14-22(15-17-35)23-10-12-26-25(18-23)31(21(2)3)32(34-26)24-11-13-27(38-4)28(19-24)39-5/h1,10-13,18-19,21-22,34H,7-9,14-17,20H2,2-5H3,(H,33,36). The normalized spacial score (nSPS) is 13.9. The summed E-state index contributed by atoms with van der Waals surface area (Å²) in [5.74, 6) is 4.49. The number of ether oxygens (including phenoxy) is 2. The number of carbonyl (C=O) groups excluding carboxylic acids is 2. The summed E-state index contributed by atoms with van der Waals surface area (Å²) in [6.45, 7) is 5.87. The van der Waals surface area contributed by atoms with Crippen LogP contribution >= 0.6 is 0 Å². The number of fused-ring (bicyclic) bond motifs is 1. The summed E-state index contributed by atoms with van der Waals surface area (Å²) in [4.78, 5) is 30.1. The van der Waals surface area contributed by atoms with Crippen molar-refractivity contribution in [3.8, 4) is 35.1 Å². The predicted octanol–water partition coefficient (Wildman–Crippen LogP) is 5.60. The molecule has 0 atom stereocenters. The van der Waals surface area contributed by atoms with Crippen molar-refractivity contribution in [2.75, 3.05) is 33.9 Å². The Kier molecular flexibility index (Phi) is 9.19.